The normalized spacial score (nSPS) is 11.0. The quantitative estimate of drug-likeness (QED) is 0.726. The highest BCUT2D eigenvalue weighted by molar-refractivity contribution is 5.94. The number of phenols is 1. The molecule has 0 fully saturated rings. The van der Waals surface area contributed by atoms with Crippen molar-refractivity contribution >= 4 is 16.7 Å². The van der Waals surface area contributed by atoms with Crippen LogP contribution in [0.5, 0.6) is 11.5 Å². The highest BCUT2D eigenvalue weighted by Crippen LogP contribution is 2.34. The molecule has 1 heterocycles. The number of carboxylic acid groups (broad SMARTS) is 1. The monoisotopic (exact) mass is 345 g/mol. The predicted octanol–water partition coefficient (Wildman–Crippen LogP) is 4.16. The van der Waals surface area contributed by atoms with Crippen LogP contribution >= 0.6 is 0 Å². The largest absolute Gasteiger partial charge is 0.507 e. The van der Waals surface area contributed by atoms with Gasteiger partial charge in [0, 0.05) is 23.3 Å². The minimum atomic E-state index is -2.86. The smallest absolute Gasteiger partial charge is 0.343 e. The molecule has 1 aromatic heterocycles. The van der Waals surface area contributed by atoms with Crippen LogP contribution in [0.4, 0.5) is 8.78 Å². The van der Waals surface area contributed by atoms with Gasteiger partial charge in [0.05, 0.1) is 0 Å². The molecule has 0 unspecified atom stereocenters. The van der Waals surface area contributed by atoms with Crippen LogP contribution < -0.4 is 4.74 Å². The van der Waals surface area contributed by atoms with Crippen LogP contribution in [0, 0.1) is 0 Å². The topological polar surface area (TPSA) is 79.7 Å². The van der Waals surface area contributed by atoms with Crippen LogP contribution in [0.1, 0.15) is 27.9 Å². The van der Waals surface area contributed by atoms with Gasteiger partial charge in [-0.15, -0.1) is 0 Å². The van der Waals surface area contributed by atoms with Crippen LogP contribution in [0.25, 0.3) is 10.8 Å². The molecule has 0 amide bonds. The maximum absolute atomic E-state index is 12.9. The minimum Gasteiger partial charge on any atom is -0.507 e. The zero-order chi connectivity index (χ0) is 18.0. The van der Waals surface area contributed by atoms with E-state index in [0.29, 0.717) is 0 Å². The Morgan fingerprint density at radius 3 is 2.68 bits per heavy atom. The lowest BCUT2D eigenvalue weighted by Gasteiger charge is -2.13. The van der Waals surface area contributed by atoms with Gasteiger partial charge in [0.2, 0.25) is 0 Å². The van der Waals surface area contributed by atoms with Gasteiger partial charge in [-0.25, -0.2) is 13.6 Å². The van der Waals surface area contributed by atoms with Crippen LogP contribution in [0.15, 0.2) is 48.8 Å². The Hall–Kier alpha value is -3.22. The summed E-state index contributed by atoms with van der Waals surface area (Å²) >= 11 is 0. The predicted molar refractivity (Wildman–Crippen MR) is 86.1 cm³/mol. The third kappa shape index (κ3) is 3.50. The Labute approximate surface area is 141 Å². The molecule has 0 bridgehead atoms. The lowest BCUT2D eigenvalue weighted by molar-refractivity contribution is 0.0687. The third-order valence-electron chi connectivity index (χ3n) is 3.67. The SMILES string of the molecule is O=C(O)c1c(O)cc(C(F)F)cc1OCc1ccc2cnccc2c1. The first-order valence-electron chi connectivity index (χ1n) is 7.29. The molecule has 7 heteroatoms. The number of ether oxygens (including phenoxy) is 1. The second-order valence-electron chi connectivity index (χ2n) is 5.36. The number of carboxylic acids is 1. The van der Waals surface area contributed by atoms with Crippen molar-refractivity contribution in [2.45, 2.75) is 13.0 Å². The molecule has 5 nitrogen and oxygen atoms in total. The van der Waals surface area contributed by atoms with Crippen molar-refractivity contribution in [1.82, 2.24) is 4.98 Å². The second-order valence-corrected chi connectivity index (χ2v) is 5.36. The molecule has 0 aliphatic heterocycles. The summed E-state index contributed by atoms with van der Waals surface area (Å²) in [7, 11) is 0. The van der Waals surface area contributed by atoms with E-state index in [9.17, 15) is 23.8 Å². The number of aromatic nitrogens is 1. The fourth-order valence-corrected chi connectivity index (χ4v) is 2.46. The summed E-state index contributed by atoms with van der Waals surface area (Å²) < 4.78 is 31.2. The Morgan fingerprint density at radius 1 is 1.16 bits per heavy atom. The van der Waals surface area contributed by atoms with Crippen molar-refractivity contribution in [3.8, 4) is 11.5 Å². The standard InChI is InChI=1S/C18H13F2NO4/c19-17(20)13-6-14(22)16(18(23)24)15(7-13)25-9-10-1-2-12-8-21-4-3-11(12)5-10/h1-8,17,22H,9H2,(H,23,24). The molecule has 3 rings (SSSR count). The van der Waals surface area contributed by atoms with Gasteiger partial charge >= 0.3 is 5.97 Å². The van der Waals surface area contributed by atoms with E-state index in [2.05, 4.69) is 4.98 Å². The number of pyridine rings is 1. The summed E-state index contributed by atoms with van der Waals surface area (Å²) in [5.41, 5.74) is -0.339. The Kier molecular flexibility index (Phi) is 4.47. The number of fused-ring (bicyclic) bond motifs is 1. The molecule has 0 saturated heterocycles. The molecule has 0 spiro atoms. The molecular weight excluding hydrogens is 332 g/mol. The number of hydrogen-bond donors (Lipinski definition) is 2. The Bertz CT molecular complexity index is 944. The molecule has 0 saturated carbocycles. The molecule has 3 aromatic rings. The number of carbonyl (C=O) groups is 1. The molecule has 2 aromatic carbocycles. The average molecular weight is 345 g/mol. The van der Waals surface area contributed by atoms with Gasteiger partial charge in [-0.05, 0) is 35.2 Å². The van der Waals surface area contributed by atoms with Crippen LogP contribution in [-0.2, 0) is 6.61 Å². The zero-order valence-corrected chi connectivity index (χ0v) is 12.8. The van der Waals surface area contributed by atoms with Gasteiger partial charge in [0.25, 0.3) is 6.43 Å². The highest BCUT2D eigenvalue weighted by atomic mass is 19.3. The first-order chi connectivity index (χ1) is 12.0. The fraction of sp³-hybridized carbons (Fsp3) is 0.111. The number of hydrogen-bond acceptors (Lipinski definition) is 4. The van der Waals surface area contributed by atoms with Gasteiger partial charge < -0.3 is 14.9 Å². The van der Waals surface area contributed by atoms with Crippen molar-refractivity contribution in [2.75, 3.05) is 0 Å². The van der Waals surface area contributed by atoms with E-state index in [0.717, 1.165) is 28.5 Å². The van der Waals surface area contributed by atoms with E-state index < -0.39 is 29.3 Å². The number of benzene rings is 2. The summed E-state index contributed by atoms with van der Waals surface area (Å²) in [6, 6.07) is 8.88. The van der Waals surface area contributed by atoms with Gasteiger partial charge in [-0.2, -0.15) is 0 Å². The first kappa shape index (κ1) is 16.6. The molecule has 0 radical (unpaired) electrons. The molecule has 0 atom stereocenters. The van der Waals surface area contributed by atoms with Crippen molar-refractivity contribution in [2.24, 2.45) is 0 Å². The second kappa shape index (κ2) is 6.72. The summed E-state index contributed by atoms with van der Waals surface area (Å²) in [6.07, 6.45) is 0.482. The van der Waals surface area contributed by atoms with Gasteiger partial charge in [-0.3, -0.25) is 4.98 Å². The number of nitrogens with zero attached hydrogens (tertiary/aromatic N) is 1. The summed E-state index contributed by atoms with van der Waals surface area (Å²) in [6.45, 7) is -0.0370. The van der Waals surface area contributed by atoms with E-state index in [1.165, 1.54) is 0 Å². The maximum Gasteiger partial charge on any atom is 0.343 e. The lowest BCUT2D eigenvalue weighted by atomic mass is 10.1. The zero-order valence-electron chi connectivity index (χ0n) is 12.8. The van der Waals surface area contributed by atoms with E-state index in [-0.39, 0.29) is 12.4 Å². The lowest BCUT2D eigenvalue weighted by Crippen LogP contribution is -2.05. The molecule has 128 valence electrons. The Balaban J connectivity index is 1.91. The number of aromatic carboxylic acids is 1. The summed E-state index contributed by atoms with van der Waals surface area (Å²) in [4.78, 5) is 15.3. The molecule has 0 aliphatic rings. The van der Waals surface area contributed by atoms with E-state index in [1.54, 1.807) is 18.5 Å². The van der Waals surface area contributed by atoms with Crippen molar-refractivity contribution in [3.05, 3.63) is 65.5 Å². The van der Waals surface area contributed by atoms with Crippen molar-refractivity contribution < 1.29 is 28.5 Å². The average Bonchev–Trinajstić information content (AvgIpc) is 2.58. The van der Waals surface area contributed by atoms with Crippen LogP contribution in [0.2, 0.25) is 0 Å². The van der Waals surface area contributed by atoms with Crippen LogP contribution in [0.3, 0.4) is 0 Å². The minimum absolute atomic E-state index is 0.0370. The molecule has 0 aliphatic carbocycles. The van der Waals surface area contributed by atoms with Crippen molar-refractivity contribution in [1.29, 1.82) is 0 Å². The van der Waals surface area contributed by atoms with Crippen molar-refractivity contribution in [3.63, 3.8) is 0 Å². The number of rotatable bonds is 5. The number of alkyl halides is 2. The number of halogens is 2. The third-order valence-corrected chi connectivity index (χ3v) is 3.67. The maximum atomic E-state index is 12.9. The molecular formula is C18H13F2NO4. The van der Waals surface area contributed by atoms with E-state index >= 15 is 0 Å². The van der Waals surface area contributed by atoms with E-state index in [1.807, 2.05) is 18.2 Å². The Morgan fingerprint density at radius 2 is 1.96 bits per heavy atom. The highest BCUT2D eigenvalue weighted by Gasteiger charge is 2.21. The van der Waals surface area contributed by atoms with Gasteiger partial charge in [-0.1, -0.05) is 12.1 Å². The number of aromatic hydroxyl groups is 1. The molecule has 2 N–H and O–H groups in total. The fourth-order valence-electron chi connectivity index (χ4n) is 2.46. The summed E-state index contributed by atoms with van der Waals surface area (Å²) in [5, 5.41) is 20.8. The van der Waals surface area contributed by atoms with Crippen LogP contribution in [-0.4, -0.2) is 21.2 Å². The first-order valence-corrected chi connectivity index (χ1v) is 7.29. The van der Waals surface area contributed by atoms with E-state index in [4.69, 9.17) is 4.74 Å². The van der Waals surface area contributed by atoms with Gasteiger partial charge in [0.15, 0.2) is 0 Å². The van der Waals surface area contributed by atoms with Gasteiger partial charge in [0.1, 0.15) is 23.7 Å². The summed E-state index contributed by atoms with van der Waals surface area (Å²) in [5.74, 6) is -2.53. The molecule has 25 heavy (non-hydrogen) atoms.